The fourth-order valence-corrected chi connectivity index (χ4v) is 1.06. The van der Waals surface area contributed by atoms with Gasteiger partial charge in [-0.05, 0) is 6.07 Å². The highest BCUT2D eigenvalue weighted by Gasteiger charge is 2.15. The molecule has 66 valence electrons. The zero-order chi connectivity index (χ0) is 10.0. The maximum atomic E-state index is 10.4. The van der Waals surface area contributed by atoms with Crippen LogP contribution in [0.3, 0.4) is 0 Å². The van der Waals surface area contributed by atoms with Gasteiger partial charge in [0.25, 0.3) is 5.69 Å². The van der Waals surface area contributed by atoms with E-state index >= 15 is 0 Å². The van der Waals surface area contributed by atoms with Crippen molar-refractivity contribution < 1.29 is 4.92 Å². The molecule has 0 aliphatic rings. The SMILES string of the molecule is N#Cc1cc([N+](=O)[O-])c(Cl)cc1N. The zero-order valence-corrected chi connectivity index (χ0v) is 7.08. The van der Waals surface area contributed by atoms with E-state index in [4.69, 9.17) is 22.6 Å². The van der Waals surface area contributed by atoms with Crippen LogP contribution in [0.15, 0.2) is 12.1 Å². The molecule has 0 bridgehead atoms. The summed E-state index contributed by atoms with van der Waals surface area (Å²) in [5.41, 5.74) is 5.25. The third kappa shape index (κ3) is 1.68. The molecule has 0 unspecified atom stereocenters. The van der Waals surface area contributed by atoms with Crippen LogP contribution in [0.25, 0.3) is 0 Å². The first-order valence-corrected chi connectivity index (χ1v) is 3.57. The van der Waals surface area contributed by atoms with Crippen LogP contribution in [0.2, 0.25) is 5.02 Å². The lowest BCUT2D eigenvalue weighted by molar-refractivity contribution is -0.384. The van der Waals surface area contributed by atoms with E-state index in [1.165, 1.54) is 6.07 Å². The molecule has 1 aromatic rings. The number of hydrogen-bond acceptors (Lipinski definition) is 4. The minimum Gasteiger partial charge on any atom is -0.398 e. The molecule has 5 nitrogen and oxygen atoms in total. The zero-order valence-electron chi connectivity index (χ0n) is 6.32. The maximum absolute atomic E-state index is 10.4. The molecule has 0 atom stereocenters. The number of hydrogen-bond donors (Lipinski definition) is 1. The predicted molar refractivity (Wildman–Crippen MR) is 47.2 cm³/mol. The Hall–Kier alpha value is -1.80. The lowest BCUT2D eigenvalue weighted by atomic mass is 10.2. The molecular formula is C7H4ClN3O2. The van der Waals surface area contributed by atoms with Gasteiger partial charge in [0, 0.05) is 6.07 Å². The van der Waals surface area contributed by atoms with Crippen molar-refractivity contribution in [1.82, 2.24) is 0 Å². The molecule has 0 saturated heterocycles. The number of anilines is 1. The average Bonchev–Trinajstić information content (AvgIpc) is 2.03. The van der Waals surface area contributed by atoms with Crippen LogP contribution >= 0.6 is 11.6 Å². The van der Waals surface area contributed by atoms with Crippen molar-refractivity contribution in [1.29, 1.82) is 5.26 Å². The molecule has 0 aliphatic carbocycles. The molecule has 6 heteroatoms. The molecule has 2 N–H and O–H groups in total. The highest BCUT2D eigenvalue weighted by molar-refractivity contribution is 6.33. The molecule has 0 amide bonds. The number of nitrogens with zero attached hydrogens (tertiary/aromatic N) is 2. The van der Waals surface area contributed by atoms with Crippen molar-refractivity contribution >= 4 is 23.0 Å². The molecule has 0 aliphatic heterocycles. The van der Waals surface area contributed by atoms with E-state index in [9.17, 15) is 10.1 Å². The summed E-state index contributed by atoms with van der Waals surface area (Å²) in [6.45, 7) is 0. The third-order valence-electron chi connectivity index (χ3n) is 1.44. The van der Waals surface area contributed by atoms with Gasteiger partial charge < -0.3 is 5.73 Å². The summed E-state index contributed by atoms with van der Waals surface area (Å²) in [6.07, 6.45) is 0. The molecule has 0 radical (unpaired) electrons. The summed E-state index contributed by atoms with van der Waals surface area (Å²) in [7, 11) is 0. The number of nitrogen functional groups attached to an aromatic ring is 1. The number of nitro groups is 1. The average molecular weight is 198 g/mol. The lowest BCUT2D eigenvalue weighted by Crippen LogP contribution is -1.95. The van der Waals surface area contributed by atoms with Crippen molar-refractivity contribution in [2.75, 3.05) is 5.73 Å². The number of nitrogens with two attached hydrogens (primary N) is 1. The van der Waals surface area contributed by atoms with E-state index in [2.05, 4.69) is 0 Å². The van der Waals surface area contributed by atoms with Crippen LogP contribution in [-0.2, 0) is 0 Å². The standard InChI is InChI=1S/C7H4ClN3O2/c8-5-2-6(10)4(3-9)1-7(5)11(12)13/h1-2H,10H2. The van der Waals surface area contributed by atoms with Gasteiger partial charge in [-0.1, -0.05) is 11.6 Å². The number of rotatable bonds is 1. The van der Waals surface area contributed by atoms with Gasteiger partial charge in [0.15, 0.2) is 0 Å². The summed E-state index contributed by atoms with van der Waals surface area (Å²) in [5, 5.41) is 18.8. The van der Waals surface area contributed by atoms with E-state index in [0.29, 0.717) is 0 Å². The molecule has 0 aromatic heterocycles. The first-order valence-electron chi connectivity index (χ1n) is 3.19. The van der Waals surface area contributed by atoms with Gasteiger partial charge in [-0.25, -0.2) is 0 Å². The molecule has 13 heavy (non-hydrogen) atoms. The van der Waals surface area contributed by atoms with Gasteiger partial charge in [-0.3, -0.25) is 10.1 Å². The van der Waals surface area contributed by atoms with Crippen molar-refractivity contribution in [3.8, 4) is 6.07 Å². The van der Waals surface area contributed by atoms with Crippen LogP contribution in [0.1, 0.15) is 5.56 Å². The van der Waals surface area contributed by atoms with E-state index in [1.54, 1.807) is 6.07 Å². The second-order valence-corrected chi connectivity index (χ2v) is 2.67. The first-order chi connectivity index (χ1) is 6.06. The van der Waals surface area contributed by atoms with Crippen molar-refractivity contribution in [2.45, 2.75) is 0 Å². The number of nitriles is 1. The van der Waals surface area contributed by atoms with Crippen molar-refractivity contribution in [3.05, 3.63) is 32.8 Å². The fourth-order valence-electron chi connectivity index (χ4n) is 0.814. The van der Waals surface area contributed by atoms with E-state index < -0.39 is 4.92 Å². The van der Waals surface area contributed by atoms with Gasteiger partial charge in [0.05, 0.1) is 16.2 Å². The summed E-state index contributed by atoms with van der Waals surface area (Å²) >= 11 is 5.52. The van der Waals surface area contributed by atoms with Crippen LogP contribution in [0, 0.1) is 21.4 Å². The predicted octanol–water partition coefficient (Wildman–Crippen LogP) is 1.70. The Morgan fingerprint density at radius 3 is 2.69 bits per heavy atom. The summed E-state index contributed by atoms with van der Waals surface area (Å²) in [4.78, 5) is 9.71. The Labute approximate surface area is 78.5 Å². The molecule has 0 saturated carbocycles. The third-order valence-corrected chi connectivity index (χ3v) is 1.74. The van der Waals surface area contributed by atoms with Gasteiger partial charge in [-0.15, -0.1) is 0 Å². The lowest BCUT2D eigenvalue weighted by Gasteiger charge is -1.98. The molecule has 1 rings (SSSR count). The molecule has 0 fully saturated rings. The number of nitro benzene ring substituents is 1. The second-order valence-electron chi connectivity index (χ2n) is 2.26. The Morgan fingerprint density at radius 1 is 1.62 bits per heavy atom. The summed E-state index contributed by atoms with van der Waals surface area (Å²) in [6, 6.07) is 3.98. The Balaban J connectivity index is 3.41. The van der Waals surface area contributed by atoms with Crippen LogP contribution in [0.5, 0.6) is 0 Å². The first kappa shape index (κ1) is 9.29. The van der Waals surface area contributed by atoms with Gasteiger partial charge in [0.2, 0.25) is 0 Å². The molecular weight excluding hydrogens is 194 g/mol. The van der Waals surface area contributed by atoms with Crippen LogP contribution < -0.4 is 5.73 Å². The van der Waals surface area contributed by atoms with Gasteiger partial charge >= 0.3 is 0 Å². The largest absolute Gasteiger partial charge is 0.398 e. The smallest absolute Gasteiger partial charge is 0.289 e. The fraction of sp³-hybridized carbons (Fsp3) is 0. The quantitative estimate of drug-likeness (QED) is 0.421. The van der Waals surface area contributed by atoms with Crippen molar-refractivity contribution in [2.24, 2.45) is 0 Å². The highest BCUT2D eigenvalue weighted by atomic mass is 35.5. The van der Waals surface area contributed by atoms with Gasteiger partial charge in [-0.2, -0.15) is 5.26 Å². The number of benzene rings is 1. The topological polar surface area (TPSA) is 92.9 Å². The van der Waals surface area contributed by atoms with E-state index in [0.717, 1.165) is 6.07 Å². The second kappa shape index (κ2) is 3.29. The van der Waals surface area contributed by atoms with E-state index in [-0.39, 0.29) is 22.0 Å². The number of halogens is 1. The minimum absolute atomic E-state index is 0.0519. The summed E-state index contributed by atoms with van der Waals surface area (Å²) < 4.78 is 0. The van der Waals surface area contributed by atoms with E-state index in [1.807, 2.05) is 0 Å². The molecule has 1 aromatic carbocycles. The molecule has 0 heterocycles. The minimum atomic E-state index is -0.664. The maximum Gasteiger partial charge on any atom is 0.289 e. The Kier molecular flexibility index (Phi) is 2.35. The Morgan fingerprint density at radius 2 is 2.23 bits per heavy atom. The highest BCUT2D eigenvalue weighted by Crippen LogP contribution is 2.28. The normalized spacial score (nSPS) is 9.23. The monoisotopic (exact) mass is 197 g/mol. The Bertz CT molecular complexity index is 411. The van der Waals surface area contributed by atoms with Crippen LogP contribution in [-0.4, -0.2) is 4.92 Å². The van der Waals surface area contributed by atoms with Crippen LogP contribution in [0.4, 0.5) is 11.4 Å². The molecule has 0 spiro atoms. The van der Waals surface area contributed by atoms with Gasteiger partial charge in [0.1, 0.15) is 11.1 Å². The summed E-state index contributed by atoms with van der Waals surface area (Å²) in [5.74, 6) is 0. The van der Waals surface area contributed by atoms with Crippen molar-refractivity contribution in [3.63, 3.8) is 0 Å².